The van der Waals surface area contributed by atoms with Crippen molar-refractivity contribution in [3.8, 4) is 0 Å². The lowest BCUT2D eigenvalue weighted by atomic mass is 10.2. The molecule has 0 bridgehead atoms. The maximum absolute atomic E-state index is 13.9. The summed E-state index contributed by atoms with van der Waals surface area (Å²) in [6.45, 7) is 5.34. The average Bonchev–Trinajstić information content (AvgIpc) is 2.73. The van der Waals surface area contributed by atoms with Gasteiger partial charge >= 0.3 is 5.69 Å². The Hall–Kier alpha value is -3.14. The second kappa shape index (κ2) is 9.12. The summed E-state index contributed by atoms with van der Waals surface area (Å²) in [7, 11) is 0. The summed E-state index contributed by atoms with van der Waals surface area (Å²) >= 11 is 0. The lowest BCUT2D eigenvalue weighted by molar-refractivity contribution is -0.119. The fourth-order valence-electron chi connectivity index (χ4n) is 3.45. The van der Waals surface area contributed by atoms with Gasteiger partial charge in [0.2, 0.25) is 5.91 Å². The number of nitrogen functional groups attached to an aromatic ring is 1. The summed E-state index contributed by atoms with van der Waals surface area (Å²) < 4.78 is 21.4. The highest BCUT2D eigenvalue weighted by molar-refractivity contribution is 5.93. The molecule has 1 amide bonds. The normalized spacial score (nSPS) is 15.1. The lowest BCUT2D eigenvalue weighted by Gasteiger charge is -2.30. The standard InChI is InChI=1S/C20H26FN5O4/c1-3-8-25-17(22)16(24-9-11-30-12-10-24)19(28)26(20(25)29)13(2)18(27)23-15-7-5-4-6-14(15)21/h4-7,13H,3,8-12,22H2,1-2H3,(H,23,27)/t13-/m1/s1. The summed E-state index contributed by atoms with van der Waals surface area (Å²) in [5, 5.41) is 2.44. The molecule has 3 rings (SSSR count). The predicted octanol–water partition coefficient (Wildman–Crippen LogP) is 1.18. The number of rotatable bonds is 6. The zero-order chi connectivity index (χ0) is 21.8. The van der Waals surface area contributed by atoms with Gasteiger partial charge in [-0.2, -0.15) is 0 Å². The van der Waals surface area contributed by atoms with E-state index in [1.54, 1.807) is 11.0 Å². The van der Waals surface area contributed by atoms with Crippen molar-refractivity contribution in [3.63, 3.8) is 0 Å². The third-order valence-electron chi connectivity index (χ3n) is 5.06. The van der Waals surface area contributed by atoms with Gasteiger partial charge < -0.3 is 20.7 Å². The van der Waals surface area contributed by atoms with Crippen molar-refractivity contribution in [2.45, 2.75) is 32.9 Å². The number of carbonyl (C=O) groups is 1. The van der Waals surface area contributed by atoms with Gasteiger partial charge in [0.25, 0.3) is 5.56 Å². The van der Waals surface area contributed by atoms with Gasteiger partial charge in [-0.3, -0.25) is 14.2 Å². The third-order valence-corrected chi connectivity index (χ3v) is 5.06. The molecule has 162 valence electrons. The van der Waals surface area contributed by atoms with Crippen LogP contribution in [0.3, 0.4) is 0 Å². The van der Waals surface area contributed by atoms with E-state index < -0.39 is 29.0 Å². The summed E-state index contributed by atoms with van der Waals surface area (Å²) in [5.74, 6) is -1.22. The molecule has 1 atom stereocenters. The van der Waals surface area contributed by atoms with Crippen LogP contribution in [-0.2, 0) is 16.1 Å². The van der Waals surface area contributed by atoms with E-state index in [2.05, 4.69) is 5.32 Å². The Balaban J connectivity index is 2.07. The van der Waals surface area contributed by atoms with E-state index in [4.69, 9.17) is 10.5 Å². The first-order chi connectivity index (χ1) is 14.4. The summed E-state index contributed by atoms with van der Waals surface area (Å²) in [5.41, 5.74) is 5.03. The van der Waals surface area contributed by atoms with Crippen LogP contribution in [0, 0.1) is 5.82 Å². The number of para-hydroxylation sites is 1. The molecule has 1 aromatic heterocycles. The van der Waals surface area contributed by atoms with Crippen LogP contribution in [-0.4, -0.2) is 41.3 Å². The number of ether oxygens (including phenoxy) is 1. The van der Waals surface area contributed by atoms with Crippen LogP contribution in [0.25, 0.3) is 0 Å². The highest BCUT2D eigenvalue weighted by atomic mass is 19.1. The van der Waals surface area contributed by atoms with Crippen LogP contribution in [0.15, 0.2) is 33.9 Å². The Labute approximate surface area is 172 Å². The van der Waals surface area contributed by atoms with Gasteiger partial charge in [0.05, 0.1) is 18.9 Å². The number of amides is 1. The number of anilines is 3. The fraction of sp³-hybridized carbons (Fsp3) is 0.450. The molecule has 1 aliphatic rings. The maximum Gasteiger partial charge on any atom is 0.333 e. The number of morpholine rings is 1. The Morgan fingerprint density at radius 2 is 1.93 bits per heavy atom. The topological polar surface area (TPSA) is 112 Å². The van der Waals surface area contributed by atoms with Crippen molar-refractivity contribution in [1.29, 1.82) is 0 Å². The van der Waals surface area contributed by atoms with Crippen LogP contribution < -0.4 is 27.2 Å². The molecule has 1 aromatic carbocycles. The zero-order valence-corrected chi connectivity index (χ0v) is 17.1. The SMILES string of the molecule is CCCn1c(N)c(N2CCOCC2)c(=O)n([C@H](C)C(=O)Nc2ccccc2F)c1=O. The fourth-order valence-corrected chi connectivity index (χ4v) is 3.45. The van der Waals surface area contributed by atoms with Crippen LogP contribution in [0.5, 0.6) is 0 Å². The van der Waals surface area contributed by atoms with E-state index in [9.17, 15) is 18.8 Å². The van der Waals surface area contributed by atoms with Crippen LogP contribution >= 0.6 is 0 Å². The molecule has 9 nitrogen and oxygen atoms in total. The highest BCUT2D eigenvalue weighted by Gasteiger charge is 2.28. The summed E-state index contributed by atoms with van der Waals surface area (Å²) in [6.07, 6.45) is 0.612. The largest absolute Gasteiger partial charge is 0.383 e. The molecular weight excluding hydrogens is 393 g/mol. The van der Waals surface area contributed by atoms with Crippen LogP contribution in [0.2, 0.25) is 0 Å². The van der Waals surface area contributed by atoms with Crippen LogP contribution in [0.4, 0.5) is 21.6 Å². The molecule has 10 heteroatoms. The number of aromatic nitrogens is 2. The first-order valence-corrected chi connectivity index (χ1v) is 9.89. The number of hydrogen-bond donors (Lipinski definition) is 2. The second-order valence-corrected chi connectivity index (χ2v) is 7.09. The van der Waals surface area contributed by atoms with Gasteiger partial charge in [-0.05, 0) is 25.5 Å². The average molecular weight is 419 g/mol. The predicted molar refractivity (Wildman–Crippen MR) is 112 cm³/mol. The zero-order valence-electron chi connectivity index (χ0n) is 17.1. The van der Waals surface area contributed by atoms with Crippen molar-refractivity contribution in [1.82, 2.24) is 9.13 Å². The minimum Gasteiger partial charge on any atom is -0.383 e. The Kier molecular flexibility index (Phi) is 6.56. The highest BCUT2D eigenvalue weighted by Crippen LogP contribution is 2.20. The molecule has 1 aliphatic heterocycles. The first-order valence-electron chi connectivity index (χ1n) is 9.89. The molecule has 0 unspecified atom stereocenters. The number of halogens is 1. The van der Waals surface area contributed by atoms with Gasteiger partial charge in [-0.25, -0.2) is 13.8 Å². The summed E-state index contributed by atoms with van der Waals surface area (Å²) in [6, 6.07) is 4.51. The Morgan fingerprint density at radius 3 is 2.57 bits per heavy atom. The Bertz CT molecular complexity index is 1040. The van der Waals surface area contributed by atoms with Gasteiger partial charge in [0, 0.05) is 19.6 Å². The van der Waals surface area contributed by atoms with E-state index in [-0.39, 0.29) is 17.2 Å². The molecule has 1 saturated heterocycles. The van der Waals surface area contributed by atoms with E-state index in [1.807, 2.05) is 6.92 Å². The van der Waals surface area contributed by atoms with Gasteiger partial charge in [0.15, 0.2) is 0 Å². The van der Waals surface area contributed by atoms with E-state index in [1.165, 1.54) is 29.7 Å². The van der Waals surface area contributed by atoms with Crippen molar-refractivity contribution in [2.75, 3.05) is 42.3 Å². The number of hydrogen-bond acceptors (Lipinski definition) is 6. The molecule has 0 aliphatic carbocycles. The molecule has 0 saturated carbocycles. The number of benzene rings is 1. The molecule has 3 N–H and O–H groups in total. The quantitative estimate of drug-likeness (QED) is 0.727. The van der Waals surface area contributed by atoms with Gasteiger partial charge in [-0.1, -0.05) is 19.1 Å². The van der Waals surface area contributed by atoms with Gasteiger partial charge in [0.1, 0.15) is 23.4 Å². The minimum absolute atomic E-state index is 0.0277. The number of nitrogens with zero attached hydrogens (tertiary/aromatic N) is 3. The number of nitrogens with one attached hydrogen (secondary N) is 1. The molecule has 2 aromatic rings. The molecule has 2 heterocycles. The molecule has 0 radical (unpaired) electrons. The molecule has 30 heavy (non-hydrogen) atoms. The van der Waals surface area contributed by atoms with E-state index >= 15 is 0 Å². The monoisotopic (exact) mass is 419 g/mol. The molecule has 0 spiro atoms. The van der Waals surface area contributed by atoms with Gasteiger partial charge in [-0.15, -0.1) is 0 Å². The lowest BCUT2D eigenvalue weighted by Crippen LogP contribution is -2.49. The van der Waals surface area contributed by atoms with Crippen molar-refractivity contribution >= 4 is 23.1 Å². The third kappa shape index (κ3) is 4.09. The Morgan fingerprint density at radius 1 is 1.27 bits per heavy atom. The first kappa shape index (κ1) is 21.6. The number of carbonyl (C=O) groups excluding carboxylic acids is 1. The van der Waals surface area contributed by atoms with Crippen LogP contribution in [0.1, 0.15) is 26.3 Å². The van der Waals surface area contributed by atoms with E-state index in [0.29, 0.717) is 39.3 Å². The minimum atomic E-state index is -1.17. The molecule has 1 fully saturated rings. The number of nitrogens with two attached hydrogens (primary N) is 1. The molecular formula is C20H26FN5O4. The smallest absolute Gasteiger partial charge is 0.333 e. The van der Waals surface area contributed by atoms with Crippen molar-refractivity contribution in [2.24, 2.45) is 0 Å². The second-order valence-electron chi connectivity index (χ2n) is 7.09. The maximum atomic E-state index is 13.9. The van der Waals surface area contributed by atoms with Crippen molar-refractivity contribution in [3.05, 3.63) is 50.9 Å². The summed E-state index contributed by atoms with van der Waals surface area (Å²) in [4.78, 5) is 40.8. The van der Waals surface area contributed by atoms with Crippen molar-refractivity contribution < 1.29 is 13.9 Å². The van der Waals surface area contributed by atoms with E-state index in [0.717, 1.165) is 4.57 Å².